The summed E-state index contributed by atoms with van der Waals surface area (Å²) in [5.41, 5.74) is 0.756. The van der Waals surface area contributed by atoms with Crippen LogP contribution in [0, 0.1) is 23.7 Å². The van der Waals surface area contributed by atoms with Crippen molar-refractivity contribution in [3.63, 3.8) is 0 Å². The fourth-order valence-electron chi connectivity index (χ4n) is 7.57. The number of rotatable bonds is 21. The molecule has 4 N–H and O–H groups in total. The molecule has 0 spiro atoms. The van der Waals surface area contributed by atoms with E-state index in [0.717, 1.165) is 37.9 Å². The van der Waals surface area contributed by atoms with Gasteiger partial charge in [0, 0.05) is 33.9 Å². The van der Waals surface area contributed by atoms with Gasteiger partial charge in [-0.3, -0.25) is 19.3 Å². The molecule has 1 fully saturated rings. The monoisotopic (exact) mass is 704 g/mol. The van der Waals surface area contributed by atoms with Gasteiger partial charge in [-0.15, -0.1) is 0 Å². The van der Waals surface area contributed by atoms with Crippen LogP contribution in [0.15, 0.2) is 30.3 Å². The number of benzene rings is 1. The van der Waals surface area contributed by atoms with Crippen molar-refractivity contribution in [2.24, 2.45) is 23.7 Å². The molecule has 10 atom stereocenters. The summed E-state index contributed by atoms with van der Waals surface area (Å²) in [4.78, 5) is 44.9. The van der Waals surface area contributed by atoms with Gasteiger partial charge in [0.2, 0.25) is 17.7 Å². The Bertz CT molecular complexity index is 1170. The van der Waals surface area contributed by atoms with Crippen LogP contribution in [0.25, 0.3) is 0 Å². The first kappa shape index (κ1) is 43.6. The first-order chi connectivity index (χ1) is 23.6. The number of carbonyl (C=O) groups is 3. The topological polar surface area (TPSA) is 132 Å². The van der Waals surface area contributed by atoms with Crippen LogP contribution in [-0.4, -0.2) is 116 Å². The molecule has 0 radical (unpaired) electrons. The SMILES string of the molecule is CCC(C)C(C(CCN1CCCC1C(OC)C(C)C(=O)NC(C)C(O)c1ccccc1)OC)N(C)C(=O)C(NC(=O)C(NC)C(C)C)C(C)C. The van der Waals surface area contributed by atoms with E-state index >= 15 is 0 Å². The largest absolute Gasteiger partial charge is 0.386 e. The van der Waals surface area contributed by atoms with Crippen LogP contribution in [0.1, 0.15) is 92.7 Å². The standard InChI is InChI=1S/C39H69N5O6/c1-13-26(6)34(43(10)39(48)33(25(4)5)42-38(47)32(40-9)24(2)3)31(49-11)21-23-44-22-17-20-30(44)36(50-12)27(7)37(46)41-28(8)35(45)29-18-15-14-16-19-29/h14-16,18-19,24-28,30-36,40,45H,13,17,20-23H2,1-12H3,(H,41,46)(H,42,47). The Morgan fingerprint density at radius 3 is 2.08 bits per heavy atom. The number of hydrogen-bond acceptors (Lipinski definition) is 8. The van der Waals surface area contributed by atoms with Crippen molar-refractivity contribution in [1.82, 2.24) is 25.8 Å². The first-order valence-electron chi connectivity index (χ1n) is 18.7. The zero-order valence-corrected chi connectivity index (χ0v) is 32.9. The molecule has 50 heavy (non-hydrogen) atoms. The number of methoxy groups -OCH3 is 2. The summed E-state index contributed by atoms with van der Waals surface area (Å²) < 4.78 is 12.2. The number of likely N-dealkylation sites (N-methyl/N-ethyl adjacent to an activating group) is 2. The van der Waals surface area contributed by atoms with Crippen LogP contribution in [0.4, 0.5) is 0 Å². The van der Waals surface area contributed by atoms with E-state index in [1.807, 2.05) is 78.9 Å². The second-order valence-corrected chi connectivity index (χ2v) is 15.0. The Hall–Kier alpha value is -2.57. The number of likely N-dealkylation sites (tertiary alicyclic amines) is 1. The number of nitrogens with zero attached hydrogens (tertiary/aromatic N) is 2. The van der Waals surface area contributed by atoms with Crippen molar-refractivity contribution in [1.29, 1.82) is 0 Å². The van der Waals surface area contributed by atoms with Gasteiger partial charge in [0.05, 0.1) is 42.4 Å². The van der Waals surface area contributed by atoms with Gasteiger partial charge in [0.15, 0.2) is 0 Å². The van der Waals surface area contributed by atoms with E-state index in [2.05, 4.69) is 34.7 Å². The van der Waals surface area contributed by atoms with Crippen LogP contribution >= 0.6 is 0 Å². The first-order valence-corrected chi connectivity index (χ1v) is 18.7. The van der Waals surface area contributed by atoms with Crippen LogP contribution < -0.4 is 16.0 Å². The van der Waals surface area contributed by atoms with Gasteiger partial charge in [-0.2, -0.15) is 0 Å². The minimum Gasteiger partial charge on any atom is -0.386 e. The van der Waals surface area contributed by atoms with Crippen molar-refractivity contribution < 1.29 is 29.0 Å². The van der Waals surface area contributed by atoms with Gasteiger partial charge in [-0.25, -0.2) is 0 Å². The highest BCUT2D eigenvalue weighted by Gasteiger charge is 2.41. The molecule has 0 aromatic heterocycles. The average molecular weight is 704 g/mol. The molecule has 0 bridgehead atoms. The summed E-state index contributed by atoms with van der Waals surface area (Å²) in [6.45, 7) is 17.5. The number of carbonyl (C=O) groups excluding carboxylic acids is 3. The van der Waals surface area contributed by atoms with E-state index in [9.17, 15) is 19.5 Å². The Morgan fingerprint density at radius 2 is 1.56 bits per heavy atom. The minimum atomic E-state index is -0.817. The Balaban J connectivity index is 2.17. The summed E-state index contributed by atoms with van der Waals surface area (Å²) in [6, 6.07) is 7.65. The molecule has 1 aromatic rings. The van der Waals surface area contributed by atoms with E-state index in [1.54, 1.807) is 26.2 Å². The lowest BCUT2D eigenvalue weighted by atomic mass is 9.89. The number of nitrogens with one attached hydrogen (secondary N) is 3. The molecule has 1 heterocycles. The molecule has 3 amide bonds. The van der Waals surface area contributed by atoms with Crippen molar-refractivity contribution in [2.45, 2.75) is 130 Å². The van der Waals surface area contributed by atoms with E-state index in [-0.39, 0.29) is 59.8 Å². The van der Waals surface area contributed by atoms with E-state index < -0.39 is 30.1 Å². The lowest BCUT2D eigenvalue weighted by molar-refractivity contribution is -0.143. The lowest BCUT2D eigenvalue weighted by Gasteiger charge is -2.41. The second-order valence-electron chi connectivity index (χ2n) is 15.0. The van der Waals surface area contributed by atoms with Crippen molar-refractivity contribution in [2.75, 3.05) is 41.4 Å². The molecule has 1 saturated heterocycles. The molecule has 1 aromatic carbocycles. The maximum absolute atomic E-state index is 14.1. The second kappa shape index (κ2) is 21.1. The summed E-state index contributed by atoms with van der Waals surface area (Å²) in [5.74, 6) is -0.764. The predicted molar refractivity (Wildman–Crippen MR) is 199 cm³/mol. The fourth-order valence-corrected chi connectivity index (χ4v) is 7.57. The van der Waals surface area contributed by atoms with Gasteiger partial charge < -0.3 is 35.4 Å². The molecule has 0 saturated carbocycles. The highest BCUT2D eigenvalue weighted by molar-refractivity contribution is 5.90. The van der Waals surface area contributed by atoms with Crippen LogP contribution in [0.5, 0.6) is 0 Å². The normalized spacial score (nSPS) is 20.7. The van der Waals surface area contributed by atoms with Crippen LogP contribution in [0.3, 0.4) is 0 Å². The zero-order chi connectivity index (χ0) is 37.7. The molecule has 11 heteroatoms. The predicted octanol–water partition coefficient (Wildman–Crippen LogP) is 4.00. The van der Waals surface area contributed by atoms with Crippen LogP contribution in [0.2, 0.25) is 0 Å². The van der Waals surface area contributed by atoms with Crippen molar-refractivity contribution >= 4 is 17.7 Å². The highest BCUT2D eigenvalue weighted by atomic mass is 16.5. The molecule has 0 aliphatic carbocycles. The highest BCUT2D eigenvalue weighted by Crippen LogP contribution is 2.29. The number of aliphatic hydroxyl groups is 1. The molecular formula is C39H69N5O6. The van der Waals surface area contributed by atoms with E-state index in [0.29, 0.717) is 6.42 Å². The molecule has 2 rings (SSSR count). The average Bonchev–Trinajstić information content (AvgIpc) is 3.56. The molecule has 11 nitrogen and oxygen atoms in total. The lowest BCUT2D eigenvalue weighted by Crippen LogP contribution is -2.59. The summed E-state index contributed by atoms with van der Waals surface area (Å²) in [6.07, 6.45) is 2.05. The van der Waals surface area contributed by atoms with Crippen molar-refractivity contribution in [3.05, 3.63) is 35.9 Å². The fraction of sp³-hybridized carbons (Fsp3) is 0.769. The van der Waals surface area contributed by atoms with E-state index in [1.165, 1.54) is 0 Å². The summed E-state index contributed by atoms with van der Waals surface area (Å²) in [7, 11) is 6.96. The smallest absolute Gasteiger partial charge is 0.245 e. The van der Waals surface area contributed by atoms with Crippen LogP contribution in [-0.2, 0) is 23.9 Å². The van der Waals surface area contributed by atoms with Crippen molar-refractivity contribution in [3.8, 4) is 0 Å². The minimum absolute atomic E-state index is 0.0376. The number of ether oxygens (including phenoxy) is 2. The van der Waals surface area contributed by atoms with Gasteiger partial charge in [-0.05, 0) is 63.1 Å². The quantitative estimate of drug-likeness (QED) is 0.151. The van der Waals surface area contributed by atoms with Gasteiger partial charge >= 0.3 is 0 Å². The third-order valence-electron chi connectivity index (χ3n) is 10.9. The Labute approximate surface area is 302 Å². The van der Waals surface area contributed by atoms with Gasteiger partial charge in [-0.1, -0.05) is 85.2 Å². The van der Waals surface area contributed by atoms with Gasteiger partial charge in [0.25, 0.3) is 0 Å². The number of aliphatic hydroxyl groups excluding tert-OH is 1. The summed E-state index contributed by atoms with van der Waals surface area (Å²) in [5, 5.41) is 20.0. The van der Waals surface area contributed by atoms with Gasteiger partial charge in [0.1, 0.15) is 6.04 Å². The zero-order valence-electron chi connectivity index (χ0n) is 32.9. The third kappa shape index (κ3) is 11.5. The summed E-state index contributed by atoms with van der Waals surface area (Å²) >= 11 is 0. The Kier molecular flexibility index (Phi) is 18.4. The Morgan fingerprint density at radius 1 is 0.940 bits per heavy atom. The molecule has 1 aliphatic rings. The molecular weight excluding hydrogens is 634 g/mol. The maximum Gasteiger partial charge on any atom is 0.245 e. The molecule has 10 unspecified atom stereocenters. The number of hydrogen-bond donors (Lipinski definition) is 4. The van der Waals surface area contributed by atoms with E-state index in [4.69, 9.17) is 9.47 Å². The third-order valence-corrected chi connectivity index (χ3v) is 10.9. The molecule has 1 aliphatic heterocycles. The molecule has 286 valence electrons. The number of amides is 3. The maximum atomic E-state index is 14.1.